The molecule has 0 aliphatic carbocycles. The van der Waals surface area contributed by atoms with Crippen molar-refractivity contribution in [2.45, 2.75) is 26.1 Å². The van der Waals surface area contributed by atoms with Crippen LogP contribution in [-0.2, 0) is 6.18 Å². The Hall–Kier alpha value is -3.14. The Labute approximate surface area is 167 Å². The maximum atomic E-state index is 13.0. The van der Waals surface area contributed by atoms with Gasteiger partial charge in [-0.2, -0.15) is 27.9 Å². The van der Waals surface area contributed by atoms with Crippen molar-refractivity contribution in [1.29, 1.82) is 0 Å². The second-order valence-corrected chi connectivity index (χ2v) is 6.82. The third-order valence-corrected chi connectivity index (χ3v) is 4.47. The van der Waals surface area contributed by atoms with Crippen molar-refractivity contribution in [2.75, 3.05) is 5.32 Å². The van der Waals surface area contributed by atoms with Gasteiger partial charge in [0, 0.05) is 6.20 Å². The normalized spacial score (nSPS) is 13.0. The van der Waals surface area contributed by atoms with Gasteiger partial charge in [-0.3, -0.25) is 0 Å². The van der Waals surface area contributed by atoms with Gasteiger partial charge in [-0.15, -0.1) is 0 Å². The molecule has 0 spiro atoms. The number of hydrogen-bond donors (Lipinski definition) is 1. The third kappa shape index (κ3) is 3.75. The van der Waals surface area contributed by atoms with E-state index in [1.807, 2.05) is 13.0 Å². The number of nitrogens with zero attached hydrogens (tertiary/aromatic N) is 5. The molecule has 0 aliphatic rings. The summed E-state index contributed by atoms with van der Waals surface area (Å²) < 4.78 is 46.0. The van der Waals surface area contributed by atoms with Gasteiger partial charge in [-0.1, -0.05) is 17.7 Å². The number of nitrogens with one attached hydrogen (secondary N) is 1. The molecular formula is C18H14ClF3N6O. The molecule has 3 heterocycles. The number of oxazole rings is 1. The molecule has 0 saturated heterocycles. The van der Waals surface area contributed by atoms with Crippen molar-refractivity contribution in [3.8, 4) is 5.82 Å². The number of fused-ring (bicyclic) bond motifs is 1. The maximum absolute atomic E-state index is 13.0. The van der Waals surface area contributed by atoms with Crippen LogP contribution in [0.15, 0.2) is 41.2 Å². The summed E-state index contributed by atoms with van der Waals surface area (Å²) in [6.07, 6.45) is -1.44. The molecule has 1 unspecified atom stereocenters. The lowest BCUT2D eigenvalue weighted by Gasteiger charge is -2.12. The first-order chi connectivity index (χ1) is 13.7. The SMILES string of the molecule is Cc1ccc(-n2ncnc2C(C)Nc2nc3cc(C(F)(F)F)cc(Cl)c3o2)nc1. The summed E-state index contributed by atoms with van der Waals surface area (Å²) in [4.78, 5) is 12.6. The van der Waals surface area contributed by atoms with Gasteiger partial charge < -0.3 is 9.73 Å². The molecule has 0 saturated carbocycles. The highest BCUT2D eigenvalue weighted by atomic mass is 35.5. The average molecular weight is 423 g/mol. The van der Waals surface area contributed by atoms with Crippen molar-refractivity contribution < 1.29 is 17.6 Å². The van der Waals surface area contributed by atoms with Crippen LogP contribution in [-0.4, -0.2) is 24.7 Å². The fourth-order valence-corrected chi connectivity index (χ4v) is 3.03. The molecule has 3 aromatic heterocycles. The van der Waals surface area contributed by atoms with Crippen LogP contribution in [0.2, 0.25) is 5.02 Å². The largest absolute Gasteiger partial charge is 0.422 e. The van der Waals surface area contributed by atoms with E-state index in [0.29, 0.717) is 11.6 Å². The number of aromatic nitrogens is 5. The van der Waals surface area contributed by atoms with Gasteiger partial charge in [0.25, 0.3) is 6.01 Å². The monoisotopic (exact) mass is 422 g/mol. The number of hydrogen-bond acceptors (Lipinski definition) is 6. The Bertz CT molecular complexity index is 1170. The molecule has 0 bridgehead atoms. The summed E-state index contributed by atoms with van der Waals surface area (Å²) in [6, 6.07) is 4.97. The first-order valence-electron chi connectivity index (χ1n) is 8.49. The highest BCUT2D eigenvalue weighted by Gasteiger charge is 2.32. The molecule has 0 fully saturated rings. The molecule has 29 heavy (non-hydrogen) atoms. The van der Waals surface area contributed by atoms with E-state index in [1.165, 1.54) is 6.33 Å². The van der Waals surface area contributed by atoms with Gasteiger partial charge in [0.2, 0.25) is 0 Å². The van der Waals surface area contributed by atoms with Crippen molar-refractivity contribution in [1.82, 2.24) is 24.7 Å². The Balaban J connectivity index is 1.63. The van der Waals surface area contributed by atoms with E-state index >= 15 is 0 Å². The van der Waals surface area contributed by atoms with Crippen molar-refractivity contribution in [2.24, 2.45) is 0 Å². The summed E-state index contributed by atoms with van der Waals surface area (Å²) >= 11 is 5.94. The average Bonchev–Trinajstić information content (AvgIpc) is 3.28. The zero-order chi connectivity index (χ0) is 20.8. The second kappa shape index (κ2) is 7.03. The van der Waals surface area contributed by atoms with Crippen LogP contribution in [0.5, 0.6) is 0 Å². The highest BCUT2D eigenvalue weighted by molar-refractivity contribution is 6.34. The van der Waals surface area contributed by atoms with E-state index in [2.05, 4.69) is 25.4 Å². The molecule has 1 N–H and O–H groups in total. The number of halogens is 4. The highest BCUT2D eigenvalue weighted by Crippen LogP contribution is 2.36. The minimum atomic E-state index is -4.53. The Morgan fingerprint density at radius 1 is 1.21 bits per heavy atom. The second-order valence-electron chi connectivity index (χ2n) is 6.41. The molecule has 4 aromatic rings. The number of benzene rings is 1. The van der Waals surface area contributed by atoms with Crippen LogP contribution in [0.4, 0.5) is 19.2 Å². The third-order valence-electron chi connectivity index (χ3n) is 4.19. The number of aryl methyl sites for hydroxylation is 1. The van der Waals surface area contributed by atoms with Crippen molar-refractivity contribution >= 4 is 28.7 Å². The van der Waals surface area contributed by atoms with E-state index in [9.17, 15) is 13.2 Å². The molecule has 0 aliphatic heterocycles. The first-order valence-corrected chi connectivity index (χ1v) is 8.87. The number of alkyl halides is 3. The summed E-state index contributed by atoms with van der Waals surface area (Å²) in [5, 5.41) is 6.98. The molecule has 11 heteroatoms. The molecule has 150 valence electrons. The summed E-state index contributed by atoms with van der Waals surface area (Å²) in [6.45, 7) is 3.71. The lowest BCUT2D eigenvalue weighted by molar-refractivity contribution is -0.137. The fourth-order valence-electron chi connectivity index (χ4n) is 2.77. The molecule has 0 radical (unpaired) electrons. The number of pyridine rings is 1. The van der Waals surface area contributed by atoms with Gasteiger partial charge >= 0.3 is 6.18 Å². The molecule has 0 amide bonds. The zero-order valence-electron chi connectivity index (χ0n) is 15.2. The fraction of sp³-hybridized carbons (Fsp3) is 0.222. The summed E-state index contributed by atoms with van der Waals surface area (Å²) in [5.74, 6) is 1.10. The van der Waals surface area contributed by atoms with Gasteiger partial charge in [-0.25, -0.2) is 9.97 Å². The van der Waals surface area contributed by atoms with Gasteiger partial charge in [-0.05, 0) is 37.6 Å². The first kappa shape index (κ1) is 19.2. The van der Waals surface area contributed by atoms with Crippen LogP contribution in [0.3, 0.4) is 0 Å². The molecule has 4 rings (SSSR count). The number of rotatable bonds is 4. The lowest BCUT2D eigenvalue weighted by atomic mass is 10.2. The number of anilines is 1. The van der Waals surface area contributed by atoms with Crippen LogP contribution < -0.4 is 5.32 Å². The topological polar surface area (TPSA) is 81.7 Å². The Morgan fingerprint density at radius 2 is 2.00 bits per heavy atom. The van der Waals surface area contributed by atoms with Crippen LogP contribution in [0.25, 0.3) is 16.9 Å². The van der Waals surface area contributed by atoms with Crippen molar-refractivity contribution in [3.63, 3.8) is 0 Å². The smallest absolute Gasteiger partial charge is 0.416 e. The quantitative estimate of drug-likeness (QED) is 0.500. The van der Waals surface area contributed by atoms with Crippen molar-refractivity contribution in [3.05, 3.63) is 58.8 Å². The maximum Gasteiger partial charge on any atom is 0.416 e. The van der Waals surface area contributed by atoms with E-state index in [0.717, 1.165) is 17.7 Å². The van der Waals surface area contributed by atoms with E-state index < -0.39 is 17.8 Å². The Morgan fingerprint density at radius 3 is 2.69 bits per heavy atom. The predicted octanol–water partition coefficient (Wildman–Crippen LogP) is 4.96. The molecule has 1 aromatic carbocycles. The Kier molecular flexibility index (Phi) is 4.65. The summed E-state index contributed by atoms with van der Waals surface area (Å²) in [5.41, 5.74) is 0.175. The standard InChI is InChI=1S/C18H14ClF3N6O/c1-9-3-4-14(23-7-9)28-16(24-8-25-28)10(2)26-17-27-13-6-11(18(20,21)22)5-12(19)15(13)29-17/h3-8,10H,1-2H3,(H,26,27). The lowest BCUT2D eigenvalue weighted by Crippen LogP contribution is -2.14. The summed E-state index contributed by atoms with van der Waals surface area (Å²) in [7, 11) is 0. The predicted molar refractivity (Wildman–Crippen MR) is 99.9 cm³/mol. The zero-order valence-corrected chi connectivity index (χ0v) is 16.0. The van der Waals surface area contributed by atoms with Crippen LogP contribution >= 0.6 is 11.6 Å². The molecule has 7 nitrogen and oxygen atoms in total. The van der Waals surface area contributed by atoms with Gasteiger partial charge in [0.15, 0.2) is 17.2 Å². The van der Waals surface area contributed by atoms with E-state index in [4.69, 9.17) is 16.0 Å². The van der Waals surface area contributed by atoms with E-state index in [-0.39, 0.29) is 22.1 Å². The minimum Gasteiger partial charge on any atom is -0.422 e. The minimum absolute atomic E-state index is 0.00110. The van der Waals surface area contributed by atoms with Gasteiger partial charge in [0.1, 0.15) is 11.8 Å². The van der Waals surface area contributed by atoms with Crippen LogP contribution in [0.1, 0.15) is 29.9 Å². The van der Waals surface area contributed by atoms with E-state index in [1.54, 1.807) is 23.9 Å². The molecular weight excluding hydrogens is 409 g/mol. The van der Waals surface area contributed by atoms with Gasteiger partial charge in [0.05, 0.1) is 16.6 Å². The molecule has 1 atom stereocenters. The van der Waals surface area contributed by atoms with Crippen LogP contribution in [0, 0.1) is 6.92 Å².